The van der Waals surface area contributed by atoms with Crippen LogP contribution in [0.15, 0.2) is 47.8 Å². The number of carbonyl (C=O) groups is 1. The summed E-state index contributed by atoms with van der Waals surface area (Å²) in [7, 11) is -3.29. The fourth-order valence-electron chi connectivity index (χ4n) is 2.92. The molecule has 12 heteroatoms. The van der Waals surface area contributed by atoms with Gasteiger partial charge in [-0.2, -0.15) is 10.1 Å². The van der Waals surface area contributed by atoms with Crippen LogP contribution in [0.5, 0.6) is 0 Å². The number of amides is 1. The van der Waals surface area contributed by atoms with Crippen LogP contribution < -0.4 is 16.0 Å². The number of rotatable bonds is 9. The SMILES string of the molecule is CS(=O)(=O)c1cccc(CNc2nc(Nc3cnn(CC(=O)NC4CC4)c3)ncc2Cl)c1. The number of carbonyl (C=O) groups excluding carboxylic acids is 1. The molecular formula is C20H22ClN7O3S. The van der Waals surface area contributed by atoms with E-state index in [0.717, 1.165) is 18.4 Å². The number of halogens is 1. The maximum Gasteiger partial charge on any atom is 0.241 e. The van der Waals surface area contributed by atoms with Crippen molar-refractivity contribution in [1.82, 2.24) is 25.1 Å². The van der Waals surface area contributed by atoms with Crippen LogP contribution in [0.4, 0.5) is 17.5 Å². The zero-order valence-electron chi connectivity index (χ0n) is 17.2. The zero-order chi connectivity index (χ0) is 22.7. The number of sulfone groups is 1. The van der Waals surface area contributed by atoms with Crippen LogP contribution in [0.2, 0.25) is 5.02 Å². The molecule has 3 N–H and O–H groups in total. The van der Waals surface area contributed by atoms with Gasteiger partial charge < -0.3 is 16.0 Å². The summed E-state index contributed by atoms with van der Waals surface area (Å²) in [5.74, 6) is 0.616. The van der Waals surface area contributed by atoms with E-state index in [0.29, 0.717) is 35.1 Å². The van der Waals surface area contributed by atoms with Crippen LogP contribution in [0.3, 0.4) is 0 Å². The van der Waals surface area contributed by atoms with Crippen LogP contribution in [0.1, 0.15) is 18.4 Å². The van der Waals surface area contributed by atoms with Gasteiger partial charge in [0.1, 0.15) is 11.6 Å². The molecule has 1 saturated carbocycles. The normalized spacial score (nSPS) is 13.6. The Morgan fingerprint density at radius 2 is 2.09 bits per heavy atom. The minimum absolute atomic E-state index is 0.0729. The minimum Gasteiger partial charge on any atom is -0.365 e. The third-order valence-electron chi connectivity index (χ3n) is 4.67. The number of anilines is 3. The van der Waals surface area contributed by atoms with E-state index in [1.807, 2.05) is 6.07 Å². The van der Waals surface area contributed by atoms with Crippen LogP contribution in [-0.4, -0.2) is 46.4 Å². The van der Waals surface area contributed by atoms with Gasteiger partial charge in [0.25, 0.3) is 0 Å². The lowest BCUT2D eigenvalue weighted by atomic mass is 10.2. The summed E-state index contributed by atoms with van der Waals surface area (Å²) >= 11 is 6.21. The van der Waals surface area contributed by atoms with Crippen LogP contribution in [0, 0.1) is 0 Å². The van der Waals surface area contributed by atoms with E-state index in [9.17, 15) is 13.2 Å². The summed E-state index contributed by atoms with van der Waals surface area (Å²) in [4.78, 5) is 20.7. The smallest absolute Gasteiger partial charge is 0.241 e. The Morgan fingerprint density at radius 1 is 1.28 bits per heavy atom. The van der Waals surface area contributed by atoms with Crippen LogP contribution in [0.25, 0.3) is 0 Å². The predicted molar refractivity (Wildman–Crippen MR) is 121 cm³/mol. The fraction of sp³-hybridized carbons (Fsp3) is 0.300. The van der Waals surface area contributed by atoms with Gasteiger partial charge in [0.15, 0.2) is 15.7 Å². The second kappa shape index (κ2) is 9.13. The number of benzene rings is 1. The van der Waals surface area contributed by atoms with Gasteiger partial charge in [-0.3, -0.25) is 9.48 Å². The first-order valence-corrected chi connectivity index (χ1v) is 12.2. The van der Waals surface area contributed by atoms with Crippen molar-refractivity contribution in [2.75, 3.05) is 16.9 Å². The summed E-state index contributed by atoms with van der Waals surface area (Å²) < 4.78 is 25.0. The van der Waals surface area contributed by atoms with Gasteiger partial charge in [-0.25, -0.2) is 13.4 Å². The lowest BCUT2D eigenvalue weighted by Gasteiger charge is -2.10. The molecule has 3 aromatic rings. The van der Waals surface area contributed by atoms with Crippen molar-refractivity contribution in [3.05, 3.63) is 53.4 Å². The molecule has 2 heterocycles. The standard InChI is InChI=1S/C20H22ClN7O3S/c1-32(30,31)16-4-2-3-13(7-16)8-22-19-17(21)10-23-20(27-19)26-15-9-24-28(11-15)12-18(29)25-14-5-6-14/h2-4,7,9-11,14H,5-6,8,12H2,1H3,(H,25,29)(H2,22,23,26,27). The Kier molecular flexibility index (Phi) is 6.28. The third kappa shape index (κ3) is 5.95. The van der Waals surface area contributed by atoms with E-state index >= 15 is 0 Å². The Balaban J connectivity index is 1.39. The van der Waals surface area contributed by atoms with E-state index in [-0.39, 0.29) is 17.3 Å². The lowest BCUT2D eigenvalue weighted by molar-refractivity contribution is -0.122. The molecule has 168 valence electrons. The van der Waals surface area contributed by atoms with E-state index in [1.165, 1.54) is 17.1 Å². The first kappa shape index (κ1) is 22.0. The van der Waals surface area contributed by atoms with Crippen molar-refractivity contribution in [1.29, 1.82) is 0 Å². The molecule has 0 atom stereocenters. The van der Waals surface area contributed by atoms with Gasteiger partial charge in [-0.15, -0.1) is 0 Å². The van der Waals surface area contributed by atoms with Crippen molar-refractivity contribution < 1.29 is 13.2 Å². The van der Waals surface area contributed by atoms with Gasteiger partial charge in [0, 0.05) is 25.0 Å². The molecule has 10 nitrogen and oxygen atoms in total. The minimum atomic E-state index is -3.29. The fourth-order valence-corrected chi connectivity index (χ4v) is 3.76. The molecule has 0 spiro atoms. The first-order chi connectivity index (χ1) is 15.3. The van der Waals surface area contributed by atoms with Crippen molar-refractivity contribution in [2.45, 2.75) is 36.9 Å². The average molecular weight is 476 g/mol. The Morgan fingerprint density at radius 3 is 2.84 bits per heavy atom. The van der Waals surface area contributed by atoms with Crippen molar-refractivity contribution in [3.8, 4) is 0 Å². The van der Waals surface area contributed by atoms with Gasteiger partial charge in [-0.1, -0.05) is 23.7 Å². The molecule has 0 radical (unpaired) electrons. The molecule has 0 bridgehead atoms. The quantitative estimate of drug-likeness (QED) is 0.430. The maximum atomic E-state index is 11.9. The Hall–Kier alpha value is -3.18. The van der Waals surface area contributed by atoms with Crippen molar-refractivity contribution in [3.63, 3.8) is 0 Å². The highest BCUT2D eigenvalue weighted by molar-refractivity contribution is 7.90. The molecule has 1 aliphatic carbocycles. The number of hydrogen-bond acceptors (Lipinski definition) is 8. The molecule has 1 aromatic carbocycles. The lowest BCUT2D eigenvalue weighted by Crippen LogP contribution is -2.29. The maximum absolute atomic E-state index is 11.9. The van der Waals surface area contributed by atoms with E-state index in [4.69, 9.17) is 11.6 Å². The van der Waals surface area contributed by atoms with E-state index in [1.54, 1.807) is 30.6 Å². The molecule has 4 rings (SSSR count). The zero-order valence-corrected chi connectivity index (χ0v) is 18.8. The van der Waals surface area contributed by atoms with Crippen LogP contribution in [-0.2, 0) is 27.7 Å². The van der Waals surface area contributed by atoms with Gasteiger partial charge in [0.2, 0.25) is 11.9 Å². The van der Waals surface area contributed by atoms with E-state index in [2.05, 4.69) is 31.0 Å². The van der Waals surface area contributed by atoms with Gasteiger partial charge in [-0.05, 0) is 30.5 Å². The van der Waals surface area contributed by atoms with Crippen molar-refractivity contribution >= 4 is 44.8 Å². The third-order valence-corrected chi connectivity index (χ3v) is 6.05. The second-order valence-corrected chi connectivity index (χ2v) is 9.98. The highest BCUT2D eigenvalue weighted by Gasteiger charge is 2.23. The number of hydrogen-bond donors (Lipinski definition) is 3. The highest BCUT2D eigenvalue weighted by Crippen LogP contribution is 2.22. The molecule has 1 fully saturated rings. The Labute approximate surface area is 190 Å². The molecule has 0 aliphatic heterocycles. The molecule has 1 amide bonds. The second-order valence-electron chi connectivity index (χ2n) is 7.56. The summed E-state index contributed by atoms with van der Waals surface area (Å²) in [6, 6.07) is 6.95. The topological polar surface area (TPSA) is 131 Å². The first-order valence-electron chi connectivity index (χ1n) is 9.90. The Bertz CT molecular complexity index is 1240. The van der Waals surface area contributed by atoms with Crippen LogP contribution >= 0.6 is 11.6 Å². The number of nitrogens with one attached hydrogen (secondary N) is 3. The summed E-state index contributed by atoms with van der Waals surface area (Å²) in [5.41, 5.74) is 1.39. The largest absolute Gasteiger partial charge is 0.365 e. The average Bonchev–Trinajstić information content (AvgIpc) is 3.45. The molecule has 2 aromatic heterocycles. The predicted octanol–water partition coefficient (Wildman–Crippen LogP) is 2.36. The monoisotopic (exact) mass is 475 g/mol. The van der Waals surface area contributed by atoms with Gasteiger partial charge in [0.05, 0.1) is 23.0 Å². The molecule has 1 aliphatic rings. The molecular weight excluding hydrogens is 454 g/mol. The van der Waals surface area contributed by atoms with Gasteiger partial charge >= 0.3 is 0 Å². The summed E-state index contributed by atoms with van der Waals surface area (Å²) in [6.07, 6.45) is 7.95. The summed E-state index contributed by atoms with van der Waals surface area (Å²) in [6.45, 7) is 0.465. The van der Waals surface area contributed by atoms with Crippen molar-refractivity contribution in [2.24, 2.45) is 0 Å². The highest BCUT2D eigenvalue weighted by atomic mass is 35.5. The molecule has 0 unspecified atom stereocenters. The summed E-state index contributed by atoms with van der Waals surface area (Å²) in [5, 5.41) is 13.5. The number of aromatic nitrogens is 4. The number of nitrogens with zero attached hydrogens (tertiary/aromatic N) is 4. The molecule has 0 saturated heterocycles. The van der Waals surface area contributed by atoms with E-state index < -0.39 is 9.84 Å². The molecule has 32 heavy (non-hydrogen) atoms.